The number of benzene rings is 1. The van der Waals surface area contributed by atoms with E-state index in [1.165, 1.54) is 17.1 Å². The smallest absolute Gasteiger partial charge is 0.279 e. The van der Waals surface area contributed by atoms with Gasteiger partial charge in [0.1, 0.15) is 0 Å². The van der Waals surface area contributed by atoms with Crippen LogP contribution < -0.4 is 10.0 Å². The van der Waals surface area contributed by atoms with E-state index in [0.29, 0.717) is 19.1 Å². The molecule has 2 N–H and O–H groups in total. The van der Waals surface area contributed by atoms with Crippen LogP contribution in [0.1, 0.15) is 24.8 Å². The van der Waals surface area contributed by atoms with Crippen molar-refractivity contribution in [3.63, 3.8) is 0 Å². The van der Waals surface area contributed by atoms with E-state index in [2.05, 4.69) is 10.0 Å². The lowest BCUT2D eigenvalue weighted by molar-refractivity contribution is 0.444. The fraction of sp³-hybridized carbons (Fsp3) is 0.571. The molecule has 1 aliphatic rings. The Balaban J connectivity index is 1.70. The van der Waals surface area contributed by atoms with Crippen molar-refractivity contribution in [2.45, 2.75) is 31.8 Å². The summed E-state index contributed by atoms with van der Waals surface area (Å²) in [5.41, 5.74) is 0.958. The topological polar surface area (TPSA) is 61.4 Å². The molecule has 0 aliphatic heterocycles. The van der Waals surface area contributed by atoms with Crippen LogP contribution in [0.2, 0.25) is 0 Å². The fourth-order valence-corrected chi connectivity index (χ4v) is 2.84. The van der Waals surface area contributed by atoms with Crippen molar-refractivity contribution in [2.24, 2.45) is 0 Å². The van der Waals surface area contributed by atoms with E-state index in [1.54, 1.807) is 7.05 Å². The van der Waals surface area contributed by atoms with E-state index in [-0.39, 0.29) is 0 Å². The van der Waals surface area contributed by atoms with Crippen LogP contribution in [0.4, 0.5) is 0 Å². The van der Waals surface area contributed by atoms with Gasteiger partial charge in [0.15, 0.2) is 0 Å². The highest BCUT2D eigenvalue weighted by atomic mass is 32.2. The van der Waals surface area contributed by atoms with E-state index in [4.69, 9.17) is 0 Å². The molecule has 112 valence electrons. The predicted octanol–water partition coefficient (Wildman–Crippen LogP) is 1.09. The van der Waals surface area contributed by atoms with Gasteiger partial charge in [0.2, 0.25) is 0 Å². The molecule has 1 aliphatic carbocycles. The second-order valence-electron chi connectivity index (χ2n) is 5.22. The third-order valence-electron chi connectivity index (χ3n) is 3.37. The molecular formula is C14H23N3O2S. The van der Waals surface area contributed by atoms with E-state index in [9.17, 15) is 8.42 Å². The molecule has 1 aromatic carbocycles. The van der Waals surface area contributed by atoms with Crippen molar-refractivity contribution in [3.8, 4) is 0 Å². The van der Waals surface area contributed by atoms with Crippen LogP contribution in [-0.4, -0.2) is 38.9 Å². The van der Waals surface area contributed by atoms with Crippen LogP contribution in [0.3, 0.4) is 0 Å². The van der Waals surface area contributed by atoms with Gasteiger partial charge in [-0.1, -0.05) is 30.3 Å². The lowest BCUT2D eigenvalue weighted by Gasteiger charge is -2.17. The van der Waals surface area contributed by atoms with E-state index < -0.39 is 10.2 Å². The van der Waals surface area contributed by atoms with Crippen molar-refractivity contribution in [3.05, 3.63) is 35.9 Å². The van der Waals surface area contributed by atoms with Gasteiger partial charge in [0.25, 0.3) is 10.2 Å². The van der Waals surface area contributed by atoms with Crippen LogP contribution in [0, 0.1) is 0 Å². The zero-order valence-electron chi connectivity index (χ0n) is 11.9. The number of rotatable bonds is 9. The maximum absolute atomic E-state index is 12.0. The molecule has 0 heterocycles. The number of hydrogen-bond donors (Lipinski definition) is 2. The van der Waals surface area contributed by atoms with E-state index in [1.807, 2.05) is 30.3 Å². The van der Waals surface area contributed by atoms with Gasteiger partial charge in [0.05, 0.1) is 0 Å². The third-order valence-corrected chi connectivity index (χ3v) is 4.88. The van der Waals surface area contributed by atoms with Gasteiger partial charge in [-0.2, -0.15) is 17.4 Å². The maximum atomic E-state index is 12.0. The zero-order valence-corrected chi connectivity index (χ0v) is 12.7. The Morgan fingerprint density at radius 1 is 1.25 bits per heavy atom. The average molecular weight is 297 g/mol. The molecule has 6 heteroatoms. The first kappa shape index (κ1) is 15.4. The number of nitrogens with one attached hydrogen (secondary N) is 2. The minimum atomic E-state index is -3.39. The zero-order chi connectivity index (χ0) is 14.4. The normalized spacial score (nSPS) is 15.7. The molecule has 5 nitrogen and oxygen atoms in total. The summed E-state index contributed by atoms with van der Waals surface area (Å²) in [6.07, 6.45) is 3.35. The molecule has 0 unspecified atom stereocenters. The molecular weight excluding hydrogens is 274 g/mol. The Kier molecular flexibility index (Phi) is 5.54. The van der Waals surface area contributed by atoms with Gasteiger partial charge in [-0.3, -0.25) is 0 Å². The highest BCUT2D eigenvalue weighted by molar-refractivity contribution is 7.87. The minimum Gasteiger partial charge on any atom is -0.314 e. The third kappa shape index (κ3) is 5.20. The van der Waals surface area contributed by atoms with Crippen molar-refractivity contribution in [1.29, 1.82) is 0 Å². The second-order valence-corrected chi connectivity index (χ2v) is 7.08. The molecule has 1 fully saturated rings. The molecule has 0 radical (unpaired) electrons. The fourth-order valence-electron chi connectivity index (χ4n) is 1.90. The Hall–Kier alpha value is -0.950. The molecule has 2 rings (SSSR count). The van der Waals surface area contributed by atoms with Crippen molar-refractivity contribution >= 4 is 10.2 Å². The standard InChI is InChI=1S/C14H23N3O2S/c1-17(11-5-10-15-14-8-9-14)20(18,19)16-12-13-6-3-2-4-7-13/h2-4,6-7,14-16H,5,8-12H2,1H3. The molecule has 1 aromatic rings. The second kappa shape index (κ2) is 7.17. The molecule has 0 atom stereocenters. The van der Waals surface area contributed by atoms with Gasteiger partial charge in [-0.05, 0) is 31.4 Å². The van der Waals surface area contributed by atoms with Crippen LogP contribution in [0.15, 0.2) is 30.3 Å². The summed E-state index contributed by atoms with van der Waals surface area (Å²) in [6.45, 7) is 1.74. The summed E-state index contributed by atoms with van der Waals surface area (Å²) in [6, 6.07) is 10.2. The van der Waals surface area contributed by atoms with Gasteiger partial charge in [0, 0.05) is 26.2 Å². The summed E-state index contributed by atoms with van der Waals surface area (Å²) in [7, 11) is -1.77. The number of nitrogens with zero attached hydrogens (tertiary/aromatic N) is 1. The SMILES string of the molecule is CN(CCCNC1CC1)S(=O)(=O)NCc1ccccc1. The van der Waals surface area contributed by atoms with Gasteiger partial charge in [-0.15, -0.1) is 0 Å². The molecule has 0 aromatic heterocycles. The first-order valence-corrected chi connectivity index (χ1v) is 8.50. The van der Waals surface area contributed by atoms with Crippen molar-refractivity contribution in [1.82, 2.24) is 14.3 Å². The van der Waals surface area contributed by atoms with Gasteiger partial charge < -0.3 is 5.32 Å². The lowest BCUT2D eigenvalue weighted by Crippen LogP contribution is -2.39. The first-order chi connectivity index (χ1) is 9.58. The Morgan fingerprint density at radius 3 is 2.60 bits per heavy atom. The quantitative estimate of drug-likeness (QED) is 0.671. The molecule has 1 saturated carbocycles. The lowest BCUT2D eigenvalue weighted by atomic mass is 10.2. The molecule has 0 amide bonds. The van der Waals surface area contributed by atoms with Crippen LogP contribution in [0.25, 0.3) is 0 Å². The highest BCUT2D eigenvalue weighted by Crippen LogP contribution is 2.18. The average Bonchev–Trinajstić information content (AvgIpc) is 3.26. The van der Waals surface area contributed by atoms with E-state index >= 15 is 0 Å². The summed E-state index contributed by atoms with van der Waals surface area (Å²) < 4.78 is 28.1. The summed E-state index contributed by atoms with van der Waals surface area (Å²) >= 11 is 0. The van der Waals surface area contributed by atoms with Gasteiger partial charge in [-0.25, -0.2) is 0 Å². The highest BCUT2D eigenvalue weighted by Gasteiger charge is 2.20. The van der Waals surface area contributed by atoms with Crippen LogP contribution in [-0.2, 0) is 16.8 Å². The van der Waals surface area contributed by atoms with Crippen LogP contribution >= 0.6 is 0 Å². The minimum absolute atomic E-state index is 0.327. The van der Waals surface area contributed by atoms with Crippen molar-refractivity contribution < 1.29 is 8.42 Å². The maximum Gasteiger partial charge on any atom is 0.279 e. The molecule has 0 spiro atoms. The molecule has 0 bridgehead atoms. The van der Waals surface area contributed by atoms with Crippen LogP contribution in [0.5, 0.6) is 0 Å². The monoisotopic (exact) mass is 297 g/mol. The largest absolute Gasteiger partial charge is 0.314 e. The Labute approximate surface area is 121 Å². The van der Waals surface area contributed by atoms with E-state index in [0.717, 1.165) is 18.5 Å². The predicted molar refractivity (Wildman–Crippen MR) is 80.5 cm³/mol. The van der Waals surface area contributed by atoms with Gasteiger partial charge >= 0.3 is 0 Å². The molecule has 20 heavy (non-hydrogen) atoms. The summed E-state index contributed by atoms with van der Waals surface area (Å²) in [5, 5.41) is 3.38. The summed E-state index contributed by atoms with van der Waals surface area (Å²) in [5.74, 6) is 0. The molecule has 0 saturated heterocycles. The van der Waals surface area contributed by atoms with Crippen molar-refractivity contribution in [2.75, 3.05) is 20.1 Å². The Morgan fingerprint density at radius 2 is 1.95 bits per heavy atom. The number of hydrogen-bond acceptors (Lipinski definition) is 3. The Bertz CT molecular complexity index is 500. The summed E-state index contributed by atoms with van der Waals surface area (Å²) in [4.78, 5) is 0. The first-order valence-electron chi connectivity index (χ1n) is 7.06.